The van der Waals surface area contributed by atoms with E-state index in [0.717, 1.165) is 12.8 Å². The molecule has 1 saturated carbocycles. The molecule has 0 spiro atoms. The van der Waals surface area contributed by atoms with Crippen LogP contribution < -0.4 is 9.47 Å². The zero-order valence-electron chi connectivity index (χ0n) is 10.4. The fourth-order valence-corrected chi connectivity index (χ4v) is 1.57. The maximum atomic E-state index is 11.3. The molecule has 0 saturated heterocycles. The number of aliphatic hydroxyl groups excluding tert-OH is 1. The zero-order chi connectivity index (χ0) is 13.1. The predicted octanol–water partition coefficient (Wildman–Crippen LogP) is 1.44. The predicted molar refractivity (Wildman–Crippen MR) is 63.6 cm³/mol. The Morgan fingerprint density at radius 2 is 2.06 bits per heavy atom. The lowest BCUT2D eigenvalue weighted by Gasteiger charge is -2.14. The van der Waals surface area contributed by atoms with Crippen LogP contribution in [-0.4, -0.2) is 31.4 Å². The summed E-state index contributed by atoms with van der Waals surface area (Å²) in [5.74, 6) is 0.431. The van der Waals surface area contributed by atoms with Gasteiger partial charge in [0.2, 0.25) is 0 Å². The second-order valence-corrected chi connectivity index (χ2v) is 4.15. The van der Waals surface area contributed by atoms with E-state index in [0.29, 0.717) is 17.1 Å². The molecular weight excluding hydrogens is 236 g/mol. The third kappa shape index (κ3) is 2.73. The molecule has 5 nitrogen and oxygen atoms in total. The van der Waals surface area contributed by atoms with Crippen LogP contribution in [0.4, 0.5) is 0 Å². The lowest BCUT2D eigenvalue weighted by molar-refractivity contribution is -0.150. The molecule has 1 aromatic carbocycles. The Labute approximate surface area is 105 Å². The van der Waals surface area contributed by atoms with Crippen molar-refractivity contribution in [3.63, 3.8) is 0 Å². The SMILES string of the molecule is COC(=O)C(O)c1ccc(OC)c(OC2CC2)c1. The number of carbonyl (C=O) groups is 1. The molecule has 98 valence electrons. The summed E-state index contributed by atoms with van der Waals surface area (Å²) < 4.78 is 15.3. The molecule has 0 aromatic heterocycles. The average molecular weight is 252 g/mol. The Balaban J connectivity index is 2.23. The minimum absolute atomic E-state index is 0.212. The topological polar surface area (TPSA) is 65.0 Å². The summed E-state index contributed by atoms with van der Waals surface area (Å²) in [6.07, 6.45) is 0.951. The summed E-state index contributed by atoms with van der Waals surface area (Å²) in [4.78, 5) is 11.3. The van der Waals surface area contributed by atoms with Crippen molar-refractivity contribution in [2.75, 3.05) is 14.2 Å². The molecule has 0 aliphatic heterocycles. The fraction of sp³-hybridized carbons (Fsp3) is 0.462. The van der Waals surface area contributed by atoms with Crippen LogP contribution in [0.2, 0.25) is 0 Å². The van der Waals surface area contributed by atoms with Crippen LogP contribution in [0, 0.1) is 0 Å². The number of methoxy groups -OCH3 is 2. The average Bonchev–Trinajstić information content (AvgIpc) is 3.20. The first-order valence-corrected chi connectivity index (χ1v) is 5.76. The Kier molecular flexibility index (Phi) is 3.72. The van der Waals surface area contributed by atoms with Gasteiger partial charge in [0.1, 0.15) is 0 Å². The molecule has 0 radical (unpaired) electrons. The summed E-state index contributed by atoms with van der Waals surface area (Å²) >= 11 is 0. The van der Waals surface area contributed by atoms with Gasteiger partial charge in [-0.05, 0) is 30.5 Å². The highest BCUT2D eigenvalue weighted by Crippen LogP contribution is 2.35. The van der Waals surface area contributed by atoms with Crippen molar-refractivity contribution in [2.45, 2.75) is 25.0 Å². The van der Waals surface area contributed by atoms with Gasteiger partial charge >= 0.3 is 5.97 Å². The molecule has 1 fully saturated rings. The Morgan fingerprint density at radius 3 is 2.61 bits per heavy atom. The van der Waals surface area contributed by atoms with Gasteiger partial charge in [0.15, 0.2) is 17.6 Å². The third-order valence-corrected chi connectivity index (χ3v) is 2.75. The van der Waals surface area contributed by atoms with Crippen molar-refractivity contribution in [2.24, 2.45) is 0 Å². The van der Waals surface area contributed by atoms with Crippen LogP contribution in [0.5, 0.6) is 11.5 Å². The van der Waals surface area contributed by atoms with Gasteiger partial charge in [0, 0.05) is 0 Å². The van der Waals surface area contributed by atoms with Gasteiger partial charge in [0.25, 0.3) is 0 Å². The minimum Gasteiger partial charge on any atom is -0.493 e. The molecule has 5 heteroatoms. The van der Waals surface area contributed by atoms with Gasteiger partial charge in [-0.25, -0.2) is 4.79 Å². The molecule has 18 heavy (non-hydrogen) atoms. The van der Waals surface area contributed by atoms with Crippen molar-refractivity contribution < 1.29 is 24.1 Å². The van der Waals surface area contributed by atoms with Crippen molar-refractivity contribution in [1.82, 2.24) is 0 Å². The molecule has 1 aromatic rings. The molecule has 1 aliphatic carbocycles. The standard InChI is InChI=1S/C13H16O5/c1-16-10-6-3-8(12(14)13(15)17-2)7-11(10)18-9-4-5-9/h3,6-7,9,12,14H,4-5H2,1-2H3. The van der Waals surface area contributed by atoms with Gasteiger partial charge < -0.3 is 19.3 Å². The fourth-order valence-electron chi connectivity index (χ4n) is 1.57. The van der Waals surface area contributed by atoms with Crippen molar-refractivity contribution in [1.29, 1.82) is 0 Å². The number of rotatable bonds is 5. The first-order valence-electron chi connectivity index (χ1n) is 5.76. The summed E-state index contributed by atoms with van der Waals surface area (Å²) in [5, 5.41) is 9.76. The van der Waals surface area contributed by atoms with Crippen molar-refractivity contribution in [3.8, 4) is 11.5 Å². The summed E-state index contributed by atoms with van der Waals surface area (Å²) in [7, 11) is 2.78. The maximum Gasteiger partial charge on any atom is 0.339 e. The Bertz CT molecular complexity index is 439. The molecule has 0 amide bonds. The summed E-state index contributed by atoms with van der Waals surface area (Å²) in [6.45, 7) is 0. The first kappa shape index (κ1) is 12.7. The highest BCUT2D eigenvalue weighted by Gasteiger charge is 2.26. The Hall–Kier alpha value is -1.75. The highest BCUT2D eigenvalue weighted by atomic mass is 16.5. The largest absolute Gasteiger partial charge is 0.493 e. The molecule has 1 aliphatic rings. The van der Waals surface area contributed by atoms with E-state index in [9.17, 15) is 9.90 Å². The second kappa shape index (κ2) is 5.27. The molecule has 1 unspecified atom stereocenters. The van der Waals surface area contributed by atoms with Gasteiger partial charge in [-0.2, -0.15) is 0 Å². The normalized spacial score (nSPS) is 15.9. The number of hydrogen-bond acceptors (Lipinski definition) is 5. The van der Waals surface area contributed by atoms with E-state index in [1.807, 2.05) is 0 Å². The van der Waals surface area contributed by atoms with Gasteiger partial charge in [-0.1, -0.05) is 6.07 Å². The smallest absolute Gasteiger partial charge is 0.339 e. The number of carbonyl (C=O) groups excluding carboxylic acids is 1. The molecule has 0 heterocycles. The first-order chi connectivity index (χ1) is 8.65. The third-order valence-electron chi connectivity index (χ3n) is 2.75. The van der Waals surface area contributed by atoms with Gasteiger partial charge in [0.05, 0.1) is 20.3 Å². The molecule has 1 N–H and O–H groups in total. The van der Waals surface area contributed by atoms with E-state index >= 15 is 0 Å². The lowest BCUT2D eigenvalue weighted by Crippen LogP contribution is -2.13. The number of ether oxygens (including phenoxy) is 3. The van der Waals surface area contributed by atoms with E-state index in [1.165, 1.54) is 7.11 Å². The van der Waals surface area contributed by atoms with Crippen LogP contribution in [0.3, 0.4) is 0 Å². The van der Waals surface area contributed by atoms with E-state index in [1.54, 1.807) is 25.3 Å². The van der Waals surface area contributed by atoms with Crippen molar-refractivity contribution in [3.05, 3.63) is 23.8 Å². The summed E-state index contributed by atoms with van der Waals surface area (Å²) in [6, 6.07) is 4.89. The maximum absolute atomic E-state index is 11.3. The van der Waals surface area contributed by atoms with Crippen molar-refractivity contribution >= 4 is 5.97 Å². The van der Waals surface area contributed by atoms with Crippen LogP contribution in [-0.2, 0) is 9.53 Å². The highest BCUT2D eigenvalue weighted by molar-refractivity contribution is 5.76. The number of esters is 1. The van der Waals surface area contributed by atoms with E-state index < -0.39 is 12.1 Å². The van der Waals surface area contributed by atoms with Gasteiger partial charge in [-0.15, -0.1) is 0 Å². The zero-order valence-corrected chi connectivity index (χ0v) is 10.4. The Morgan fingerprint density at radius 1 is 1.33 bits per heavy atom. The van der Waals surface area contributed by atoms with E-state index in [4.69, 9.17) is 9.47 Å². The number of hydrogen-bond donors (Lipinski definition) is 1. The molecular formula is C13H16O5. The van der Waals surface area contributed by atoms with E-state index in [2.05, 4.69) is 4.74 Å². The quantitative estimate of drug-likeness (QED) is 0.803. The number of benzene rings is 1. The van der Waals surface area contributed by atoms with Gasteiger partial charge in [-0.3, -0.25) is 0 Å². The van der Waals surface area contributed by atoms with Crippen LogP contribution in [0.15, 0.2) is 18.2 Å². The summed E-state index contributed by atoms with van der Waals surface area (Å²) in [5.41, 5.74) is 0.429. The molecule has 1 atom stereocenters. The second-order valence-electron chi connectivity index (χ2n) is 4.15. The lowest BCUT2D eigenvalue weighted by atomic mass is 10.1. The van der Waals surface area contributed by atoms with Crippen LogP contribution in [0.1, 0.15) is 24.5 Å². The van der Waals surface area contributed by atoms with Crippen LogP contribution >= 0.6 is 0 Å². The molecule has 2 rings (SSSR count). The minimum atomic E-state index is -1.30. The molecule has 0 bridgehead atoms. The monoisotopic (exact) mass is 252 g/mol. The van der Waals surface area contributed by atoms with Crippen LogP contribution in [0.25, 0.3) is 0 Å². The number of aliphatic hydroxyl groups is 1. The van der Waals surface area contributed by atoms with E-state index in [-0.39, 0.29) is 6.10 Å².